The van der Waals surface area contributed by atoms with Crippen LogP contribution in [0.3, 0.4) is 0 Å². The minimum atomic E-state index is 0.323. The Morgan fingerprint density at radius 2 is 2.14 bits per heavy atom. The zero-order valence-electron chi connectivity index (χ0n) is 9.20. The molecule has 78 valence electrons. The van der Waals surface area contributed by atoms with Gasteiger partial charge in [-0.25, -0.2) is 0 Å². The lowest BCUT2D eigenvalue weighted by atomic mass is 10.0. The molecule has 1 atom stereocenters. The molecule has 0 saturated carbocycles. The van der Waals surface area contributed by atoms with E-state index in [1.165, 1.54) is 0 Å². The second-order valence-electron chi connectivity index (χ2n) is 3.81. The van der Waals surface area contributed by atoms with Crippen LogP contribution in [0, 0.1) is 5.92 Å². The molecule has 1 heterocycles. The third kappa shape index (κ3) is 3.07. The molecule has 0 amide bonds. The molecular weight excluding hydrogens is 174 g/mol. The molecule has 1 N–H and O–H groups in total. The molecule has 0 spiro atoms. The summed E-state index contributed by atoms with van der Waals surface area (Å²) in [5, 5.41) is 3.48. The number of nitrogens with zero attached hydrogens (tertiary/aromatic N) is 2. The van der Waals surface area contributed by atoms with Crippen LogP contribution in [0.15, 0.2) is 18.6 Å². The zero-order chi connectivity index (χ0) is 10.4. The number of aromatic nitrogens is 2. The maximum atomic E-state index is 4.33. The fraction of sp³-hybridized carbons (Fsp3) is 0.636. The van der Waals surface area contributed by atoms with Crippen molar-refractivity contribution in [1.82, 2.24) is 15.3 Å². The fourth-order valence-corrected chi connectivity index (χ4v) is 1.45. The minimum Gasteiger partial charge on any atom is -0.308 e. The van der Waals surface area contributed by atoms with Crippen LogP contribution in [-0.4, -0.2) is 16.5 Å². The van der Waals surface area contributed by atoms with E-state index in [0.29, 0.717) is 12.0 Å². The molecule has 0 aliphatic carbocycles. The highest BCUT2D eigenvalue weighted by Crippen LogP contribution is 2.18. The molecule has 1 aromatic rings. The number of rotatable bonds is 5. The van der Waals surface area contributed by atoms with Crippen LogP contribution in [0.5, 0.6) is 0 Å². The summed E-state index contributed by atoms with van der Waals surface area (Å²) in [6.45, 7) is 7.59. The van der Waals surface area contributed by atoms with E-state index in [0.717, 1.165) is 18.7 Å². The van der Waals surface area contributed by atoms with Gasteiger partial charge in [-0.2, -0.15) is 0 Å². The number of hydrogen-bond acceptors (Lipinski definition) is 3. The van der Waals surface area contributed by atoms with Crippen molar-refractivity contribution in [1.29, 1.82) is 0 Å². The summed E-state index contributed by atoms with van der Waals surface area (Å²) < 4.78 is 0. The third-order valence-electron chi connectivity index (χ3n) is 2.18. The van der Waals surface area contributed by atoms with Gasteiger partial charge >= 0.3 is 0 Å². The molecule has 3 heteroatoms. The zero-order valence-corrected chi connectivity index (χ0v) is 9.20. The Morgan fingerprint density at radius 1 is 1.36 bits per heavy atom. The third-order valence-corrected chi connectivity index (χ3v) is 2.18. The van der Waals surface area contributed by atoms with Crippen LogP contribution in [0.2, 0.25) is 0 Å². The Morgan fingerprint density at radius 3 is 2.64 bits per heavy atom. The van der Waals surface area contributed by atoms with E-state index in [4.69, 9.17) is 0 Å². The second-order valence-corrected chi connectivity index (χ2v) is 3.81. The Balaban J connectivity index is 2.68. The van der Waals surface area contributed by atoms with E-state index in [9.17, 15) is 0 Å². The van der Waals surface area contributed by atoms with Crippen molar-refractivity contribution in [3.8, 4) is 0 Å². The first-order valence-electron chi connectivity index (χ1n) is 5.25. The molecule has 0 saturated heterocycles. The van der Waals surface area contributed by atoms with E-state index in [1.807, 2.05) is 6.20 Å². The maximum Gasteiger partial charge on any atom is 0.0758 e. The van der Waals surface area contributed by atoms with Crippen molar-refractivity contribution < 1.29 is 0 Å². The predicted molar refractivity (Wildman–Crippen MR) is 57.9 cm³/mol. The summed E-state index contributed by atoms with van der Waals surface area (Å²) in [6, 6.07) is 0.323. The molecule has 0 aliphatic rings. The summed E-state index contributed by atoms with van der Waals surface area (Å²) in [5.74, 6) is 0.540. The van der Waals surface area contributed by atoms with Crippen LogP contribution >= 0.6 is 0 Å². The SMILES string of the molecule is CCCNC(c1cnccn1)C(C)C. The molecule has 0 aliphatic heterocycles. The van der Waals surface area contributed by atoms with E-state index in [2.05, 4.69) is 36.1 Å². The molecule has 0 fully saturated rings. The van der Waals surface area contributed by atoms with Gasteiger partial charge in [0.1, 0.15) is 0 Å². The van der Waals surface area contributed by atoms with E-state index in [1.54, 1.807) is 12.4 Å². The largest absolute Gasteiger partial charge is 0.308 e. The first kappa shape index (κ1) is 11.1. The molecule has 14 heavy (non-hydrogen) atoms. The summed E-state index contributed by atoms with van der Waals surface area (Å²) in [7, 11) is 0. The van der Waals surface area contributed by atoms with E-state index < -0.39 is 0 Å². The predicted octanol–water partition coefficient (Wildman–Crippen LogP) is 2.17. The van der Waals surface area contributed by atoms with Crippen molar-refractivity contribution in [3.63, 3.8) is 0 Å². The highest BCUT2D eigenvalue weighted by molar-refractivity contribution is 5.03. The lowest BCUT2D eigenvalue weighted by molar-refractivity contribution is 0.403. The molecule has 1 aromatic heterocycles. The summed E-state index contributed by atoms with van der Waals surface area (Å²) >= 11 is 0. The first-order chi connectivity index (χ1) is 6.75. The minimum absolute atomic E-state index is 0.323. The van der Waals surface area contributed by atoms with Crippen LogP contribution in [0.4, 0.5) is 0 Å². The molecule has 0 radical (unpaired) electrons. The molecule has 1 unspecified atom stereocenters. The van der Waals surface area contributed by atoms with Crippen LogP contribution in [0.25, 0.3) is 0 Å². The van der Waals surface area contributed by atoms with Crippen LogP contribution < -0.4 is 5.32 Å². The fourth-order valence-electron chi connectivity index (χ4n) is 1.45. The highest BCUT2D eigenvalue weighted by Gasteiger charge is 2.15. The summed E-state index contributed by atoms with van der Waals surface area (Å²) in [4.78, 5) is 8.42. The molecule has 0 bridgehead atoms. The monoisotopic (exact) mass is 193 g/mol. The van der Waals surface area contributed by atoms with Gasteiger partial charge < -0.3 is 5.32 Å². The van der Waals surface area contributed by atoms with Gasteiger partial charge in [0.2, 0.25) is 0 Å². The van der Waals surface area contributed by atoms with Gasteiger partial charge in [-0.3, -0.25) is 9.97 Å². The Labute approximate surface area is 86.0 Å². The Kier molecular flexibility index (Phi) is 4.53. The normalized spacial score (nSPS) is 13.1. The molecule has 3 nitrogen and oxygen atoms in total. The van der Waals surface area contributed by atoms with Crippen LogP contribution in [-0.2, 0) is 0 Å². The number of nitrogens with one attached hydrogen (secondary N) is 1. The van der Waals surface area contributed by atoms with Gasteiger partial charge in [-0.1, -0.05) is 20.8 Å². The van der Waals surface area contributed by atoms with Crippen molar-refractivity contribution in [2.24, 2.45) is 5.92 Å². The van der Waals surface area contributed by atoms with Gasteiger partial charge in [0.25, 0.3) is 0 Å². The average Bonchev–Trinajstić information content (AvgIpc) is 2.19. The average molecular weight is 193 g/mol. The van der Waals surface area contributed by atoms with Crippen molar-refractivity contribution in [2.75, 3.05) is 6.54 Å². The lowest BCUT2D eigenvalue weighted by Crippen LogP contribution is -2.27. The maximum absolute atomic E-state index is 4.33. The van der Waals surface area contributed by atoms with Crippen molar-refractivity contribution in [3.05, 3.63) is 24.3 Å². The van der Waals surface area contributed by atoms with Gasteiger partial charge in [-0.05, 0) is 18.9 Å². The number of hydrogen-bond donors (Lipinski definition) is 1. The van der Waals surface area contributed by atoms with E-state index in [-0.39, 0.29) is 0 Å². The van der Waals surface area contributed by atoms with Gasteiger partial charge in [0.15, 0.2) is 0 Å². The van der Waals surface area contributed by atoms with Crippen LogP contribution in [0.1, 0.15) is 38.9 Å². The molecular formula is C11H19N3. The first-order valence-corrected chi connectivity index (χ1v) is 5.25. The lowest BCUT2D eigenvalue weighted by Gasteiger charge is -2.21. The Bertz CT molecular complexity index is 246. The van der Waals surface area contributed by atoms with E-state index >= 15 is 0 Å². The quantitative estimate of drug-likeness (QED) is 0.778. The molecule has 1 rings (SSSR count). The van der Waals surface area contributed by atoms with Crippen molar-refractivity contribution >= 4 is 0 Å². The Hall–Kier alpha value is -0.960. The standard InChI is InChI=1S/C11H19N3/c1-4-5-14-11(9(2)3)10-8-12-6-7-13-10/h6-9,11,14H,4-5H2,1-3H3. The molecule has 0 aromatic carbocycles. The van der Waals surface area contributed by atoms with Gasteiger partial charge in [-0.15, -0.1) is 0 Å². The highest BCUT2D eigenvalue weighted by atomic mass is 14.9. The smallest absolute Gasteiger partial charge is 0.0758 e. The summed E-state index contributed by atoms with van der Waals surface area (Å²) in [5.41, 5.74) is 1.04. The van der Waals surface area contributed by atoms with Gasteiger partial charge in [0, 0.05) is 18.6 Å². The van der Waals surface area contributed by atoms with Crippen molar-refractivity contribution in [2.45, 2.75) is 33.2 Å². The summed E-state index contributed by atoms with van der Waals surface area (Å²) in [6.07, 6.45) is 6.44. The second kappa shape index (κ2) is 5.70. The topological polar surface area (TPSA) is 37.8 Å². The van der Waals surface area contributed by atoms with Gasteiger partial charge in [0.05, 0.1) is 11.7 Å².